The Labute approximate surface area is 160 Å². The van der Waals surface area contributed by atoms with Crippen LogP contribution in [0.5, 0.6) is 5.75 Å². The van der Waals surface area contributed by atoms with Crippen LogP contribution in [0.25, 0.3) is 10.9 Å². The molecular weight excluding hydrogens is 363 g/mol. The number of hydrogen-bond donors (Lipinski definition) is 2. The molecule has 2 amide bonds. The summed E-state index contributed by atoms with van der Waals surface area (Å²) in [6.45, 7) is 0.523. The van der Waals surface area contributed by atoms with Crippen LogP contribution in [0.1, 0.15) is 12.0 Å². The van der Waals surface area contributed by atoms with E-state index >= 15 is 0 Å². The van der Waals surface area contributed by atoms with E-state index in [1.54, 1.807) is 19.2 Å². The minimum atomic E-state index is -0.510. The standard InChI is InChI=1S/C20H19FN4O3/c1-28-14-7-5-12(6-8-14)10-22-20(27)13-9-17(26)25(11-13)19-18-15(21)3-2-4-16(18)23-24-19/h2-8,13H,9-11H2,1H3,(H,22,27)(H,23,24)/t13-/m0/s1. The molecule has 2 heterocycles. The highest BCUT2D eigenvalue weighted by Crippen LogP contribution is 2.31. The fourth-order valence-electron chi connectivity index (χ4n) is 3.37. The van der Waals surface area contributed by atoms with Gasteiger partial charge in [-0.25, -0.2) is 4.39 Å². The van der Waals surface area contributed by atoms with Crippen LogP contribution >= 0.6 is 0 Å². The van der Waals surface area contributed by atoms with Crippen molar-refractivity contribution < 1.29 is 18.7 Å². The van der Waals surface area contributed by atoms with Crippen LogP contribution in [0, 0.1) is 11.7 Å². The zero-order valence-electron chi connectivity index (χ0n) is 15.2. The number of amides is 2. The van der Waals surface area contributed by atoms with Crippen molar-refractivity contribution in [3.8, 4) is 5.75 Å². The van der Waals surface area contributed by atoms with Gasteiger partial charge in [-0.3, -0.25) is 19.6 Å². The largest absolute Gasteiger partial charge is 0.497 e. The lowest BCUT2D eigenvalue weighted by atomic mass is 10.1. The second kappa shape index (κ2) is 7.30. The highest BCUT2D eigenvalue weighted by Gasteiger charge is 2.37. The lowest BCUT2D eigenvalue weighted by Gasteiger charge is -2.14. The molecule has 1 aliphatic heterocycles. The summed E-state index contributed by atoms with van der Waals surface area (Å²) < 4.78 is 19.3. The minimum Gasteiger partial charge on any atom is -0.497 e. The maximum absolute atomic E-state index is 14.2. The third kappa shape index (κ3) is 3.28. The molecule has 1 atom stereocenters. The van der Waals surface area contributed by atoms with Gasteiger partial charge in [-0.15, -0.1) is 0 Å². The van der Waals surface area contributed by atoms with Crippen LogP contribution in [0.4, 0.5) is 10.2 Å². The Balaban J connectivity index is 1.44. The van der Waals surface area contributed by atoms with E-state index in [2.05, 4.69) is 15.5 Å². The molecule has 2 N–H and O–H groups in total. The summed E-state index contributed by atoms with van der Waals surface area (Å²) >= 11 is 0. The van der Waals surface area contributed by atoms with Crippen LogP contribution in [0.15, 0.2) is 42.5 Å². The van der Waals surface area contributed by atoms with Crippen molar-refractivity contribution in [3.63, 3.8) is 0 Å². The van der Waals surface area contributed by atoms with E-state index in [9.17, 15) is 14.0 Å². The van der Waals surface area contributed by atoms with Gasteiger partial charge in [-0.1, -0.05) is 18.2 Å². The molecule has 1 saturated heterocycles. The predicted molar refractivity (Wildman–Crippen MR) is 101 cm³/mol. The van der Waals surface area contributed by atoms with Gasteiger partial charge in [0.2, 0.25) is 11.8 Å². The summed E-state index contributed by atoms with van der Waals surface area (Å²) in [6, 6.07) is 11.9. The lowest BCUT2D eigenvalue weighted by Crippen LogP contribution is -2.32. The van der Waals surface area contributed by atoms with Crippen molar-refractivity contribution in [3.05, 3.63) is 53.8 Å². The summed E-state index contributed by atoms with van der Waals surface area (Å²) in [7, 11) is 1.59. The Kier molecular flexibility index (Phi) is 4.68. The van der Waals surface area contributed by atoms with Gasteiger partial charge in [0, 0.05) is 19.5 Å². The summed E-state index contributed by atoms with van der Waals surface area (Å²) in [4.78, 5) is 26.3. The first-order chi connectivity index (χ1) is 13.6. The van der Waals surface area contributed by atoms with Gasteiger partial charge in [-0.2, -0.15) is 5.10 Å². The zero-order chi connectivity index (χ0) is 19.7. The average molecular weight is 382 g/mol. The fraction of sp³-hybridized carbons (Fsp3) is 0.250. The van der Waals surface area contributed by atoms with Crippen LogP contribution in [-0.4, -0.2) is 35.7 Å². The zero-order valence-corrected chi connectivity index (χ0v) is 15.2. The van der Waals surface area contributed by atoms with Gasteiger partial charge >= 0.3 is 0 Å². The molecule has 7 nitrogen and oxygen atoms in total. The molecule has 1 fully saturated rings. The maximum Gasteiger partial charge on any atom is 0.229 e. The van der Waals surface area contributed by atoms with Gasteiger partial charge in [0.05, 0.1) is 23.9 Å². The quantitative estimate of drug-likeness (QED) is 0.709. The molecule has 0 unspecified atom stereocenters. The number of aromatic nitrogens is 2. The highest BCUT2D eigenvalue weighted by atomic mass is 19.1. The molecular formula is C20H19FN4O3. The second-order valence-corrected chi connectivity index (χ2v) is 6.68. The van der Waals surface area contributed by atoms with Gasteiger partial charge in [0.1, 0.15) is 11.6 Å². The molecule has 1 aromatic heterocycles. The van der Waals surface area contributed by atoms with E-state index in [0.717, 1.165) is 11.3 Å². The monoisotopic (exact) mass is 382 g/mol. The number of anilines is 1. The molecule has 8 heteroatoms. The molecule has 0 radical (unpaired) electrons. The molecule has 4 rings (SSSR count). The van der Waals surface area contributed by atoms with Crippen LogP contribution in [-0.2, 0) is 16.1 Å². The van der Waals surface area contributed by atoms with E-state index in [4.69, 9.17) is 4.74 Å². The first-order valence-corrected chi connectivity index (χ1v) is 8.90. The van der Waals surface area contributed by atoms with Crippen molar-refractivity contribution in [1.82, 2.24) is 15.5 Å². The Hall–Kier alpha value is -3.42. The number of fused-ring (bicyclic) bond motifs is 1. The van der Waals surface area contributed by atoms with Crippen LogP contribution < -0.4 is 15.0 Å². The van der Waals surface area contributed by atoms with E-state index in [-0.39, 0.29) is 36.0 Å². The van der Waals surface area contributed by atoms with Crippen molar-refractivity contribution in [2.75, 3.05) is 18.6 Å². The third-order valence-corrected chi connectivity index (χ3v) is 4.90. The van der Waals surface area contributed by atoms with Gasteiger partial charge < -0.3 is 10.1 Å². The van der Waals surface area contributed by atoms with Gasteiger partial charge in [-0.05, 0) is 29.8 Å². The highest BCUT2D eigenvalue weighted by molar-refractivity contribution is 6.05. The van der Waals surface area contributed by atoms with Crippen LogP contribution in [0.3, 0.4) is 0 Å². The SMILES string of the molecule is COc1ccc(CNC(=O)[C@H]2CC(=O)N(c3n[nH]c4cccc(F)c34)C2)cc1. The Morgan fingerprint density at radius 2 is 2.11 bits per heavy atom. The van der Waals surface area contributed by atoms with E-state index < -0.39 is 11.7 Å². The second-order valence-electron chi connectivity index (χ2n) is 6.68. The fourth-order valence-corrected chi connectivity index (χ4v) is 3.37. The third-order valence-electron chi connectivity index (χ3n) is 4.90. The van der Waals surface area contributed by atoms with Crippen molar-refractivity contribution >= 4 is 28.5 Å². The normalized spacial score (nSPS) is 16.6. The summed E-state index contributed by atoms with van der Waals surface area (Å²) in [5.41, 5.74) is 1.44. The number of nitrogens with zero attached hydrogens (tertiary/aromatic N) is 2. The molecule has 28 heavy (non-hydrogen) atoms. The topological polar surface area (TPSA) is 87.3 Å². The number of aromatic amines is 1. The van der Waals surface area contributed by atoms with Crippen molar-refractivity contribution in [2.24, 2.45) is 5.92 Å². The first-order valence-electron chi connectivity index (χ1n) is 8.90. The summed E-state index contributed by atoms with van der Waals surface area (Å²) in [5.74, 6) is -0.465. The molecule has 0 aliphatic carbocycles. The average Bonchev–Trinajstić information content (AvgIpc) is 3.30. The molecule has 144 valence electrons. The van der Waals surface area contributed by atoms with Gasteiger partial charge in [0.15, 0.2) is 5.82 Å². The molecule has 3 aromatic rings. The molecule has 0 spiro atoms. The summed E-state index contributed by atoms with van der Waals surface area (Å²) in [5, 5.41) is 9.93. The Bertz CT molecular complexity index is 1030. The number of carbonyl (C=O) groups excluding carboxylic acids is 2. The van der Waals surface area contributed by atoms with E-state index in [0.29, 0.717) is 12.1 Å². The van der Waals surface area contributed by atoms with Crippen molar-refractivity contribution in [1.29, 1.82) is 0 Å². The molecule has 1 aliphatic rings. The van der Waals surface area contributed by atoms with E-state index in [1.807, 2.05) is 24.3 Å². The van der Waals surface area contributed by atoms with E-state index in [1.165, 1.54) is 11.0 Å². The van der Waals surface area contributed by atoms with Crippen molar-refractivity contribution in [2.45, 2.75) is 13.0 Å². The number of H-pyrrole nitrogens is 1. The maximum atomic E-state index is 14.2. The van der Waals surface area contributed by atoms with Crippen LogP contribution in [0.2, 0.25) is 0 Å². The number of hydrogen-bond acceptors (Lipinski definition) is 4. The smallest absolute Gasteiger partial charge is 0.229 e. The number of carbonyl (C=O) groups is 2. The first kappa shape index (κ1) is 18.0. The number of benzene rings is 2. The number of ether oxygens (including phenoxy) is 1. The lowest BCUT2D eigenvalue weighted by molar-refractivity contribution is -0.126. The number of methoxy groups -OCH3 is 1. The molecule has 2 aromatic carbocycles. The molecule has 0 bridgehead atoms. The van der Waals surface area contributed by atoms with Gasteiger partial charge in [0.25, 0.3) is 0 Å². The number of halogens is 1. The summed E-state index contributed by atoms with van der Waals surface area (Å²) in [6.07, 6.45) is 0.0667. The minimum absolute atomic E-state index is 0.0667. The predicted octanol–water partition coefficient (Wildman–Crippen LogP) is 2.38. The Morgan fingerprint density at radius 1 is 1.32 bits per heavy atom. The number of nitrogens with one attached hydrogen (secondary N) is 2. The number of rotatable bonds is 5. The molecule has 0 saturated carbocycles. The Morgan fingerprint density at radius 3 is 2.86 bits per heavy atom.